The van der Waals surface area contributed by atoms with Crippen molar-refractivity contribution in [2.45, 2.75) is 30.6 Å². The van der Waals surface area contributed by atoms with E-state index < -0.39 is 0 Å². The van der Waals surface area contributed by atoms with E-state index in [1.165, 1.54) is 4.90 Å². The second-order valence-electron chi connectivity index (χ2n) is 7.38. The van der Waals surface area contributed by atoms with E-state index in [0.29, 0.717) is 12.3 Å². The van der Waals surface area contributed by atoms with E-state index in [2.05, 4.69) is 46.7 Å². The number of nitrogens with zero attached hydrogens (tertiary/aromatic N) is 2. The summed E-state index contributed by atoms with van der Waals surface area (Å²) >= 11 is 1.80. The van der Waals surface area contributed by atoms with Gasteiger partial charge < -0.3 is 4.42 Å². The zero-order valence-corrected chi connectivity index (χ0v) is 18.7. The van der Waals surface area contributed by atoms with Crippen LogP contribution < -0.4 is 5.32 Å². The highest BCUT2D eigenvalue weighted by Gasteiger charge is 2.19. The van der Waals surface area contributed by atoms with Gasteiger partial charge in [0.05, 0.1) is 6.42 Å². The number of carbonyl (C=O) groups excluding carboxylic acids is 1. The maximum atomic E-state index is 12.8. The molecule has 4 aromatic rings. The minimum Gasteiger partial charge on any atom is -0.407 e. The topological polar surface area (TPSA) is 68.0 Å². The van der Waals surface area contributed by atoms with Gasteiger partial charge >= 0.3 is 6.01 Å². The molecule has 1 N–H and O–H groups in total. The van der Waals surface area contributed by atoms with Gasteiger partial charge in [-0.25, -0.2) is 0 Å². The van der Waals surface area contributed by atoms with Crippen LogP contribution in [0.5, 0.6) is 0 Å². The van der Waals surface area contributed by atoms with Gasteiger partial charge in [0.2, 0.25) is 11.8 Å². The molecule has 0 aliphatic heterocycles. The lowest BCUT2D eigenvalue weighted by molar-refractivity contribution is -0.116. The van der Waals surface area contributed by atoms with Gasteiger partial charge in [-0.2, -0.15) is 0 Å². The van der Waals surface area contributed by atoms with Gasteiger partial charge in [0, 0.05) is 17.2 Å². The molecule has 1 amide bonds. The van der Waals surface area contributed by atoms with E-state index in [1.54, 1.807) is 11.8 Å². The molecule has 162 valence electrons. The number of hydrogen-bond acceptors (Lipinski definition) is 5. The van der Waals surface area contributed by atoms with Gasteiger partial charge in [-0.15, -0.1) is 16.9 Å². The Morgan fingerprint density at radius 1 is 0.906 bits per heavy atom. The van der Waals surface area contributed by atoms with Crippen LogP contribution in [0.4, 0.5) is 6.01 Å². The third kappa shape index (κ3) is 5.86. The molecule has 1 heterocycles. The molecule has 0 spiro atoms. The second kappa shape index (κ2) is 10.8. The quantitative estimate of drug-likeness (QED) is 0.325. The van der Waals surface area contributed by atoms with Crippen molar-refractivity contribution < 1.29 is 9.21 Å². The molecular formula is C26H25N3O2S. The fourth-order valence-corrected chi connectivity index (χ4v) is 4.24. The molecule has 0 aliphatic carbocycles. The number of nitrogens with one attached hydrogen (secondary N) is 1. The molecule has 0 unspecified atom stereocenters. The van der Waals surface area contributed by atoms with Crippen molar-refractivity contribution in [1.29, 1.82) is 0 Å². The summed E-state index contributed by atoms with van der Waals surface area (Å²) < 4.78 is 5.67. The van der Waals surface area contributed by atoms with E-state index in [1.807, 2.05) is 60.7 Å². The van der Waals surface area contributed by atoms with Crippen LogP contribution in [-0.2, 0) is 11.2 Å². The van der Waals surface area contributed by atoms with Crippen molar-refractivity contribution in [2.75, 3.05) is 11.1 Å². The van der Waals surface area contributed by atoms with E-state index in [0.717, 1.165) is 22.4 Å². The molecule has 1 aromatic heterocycles. The molecule has 0 bridgehead atoms. The number of anilines is 1. The molecular weight excluding hydrogens is 418 g/mol. The van der Waals surface area contributed by atoms with Crippen LogP contribution in [0.25, 0.3) is 0 Å². The number of aromatic nitrogens is 2. The summed E-state index contributed by atoms with van der Waals surface area (Å²) in [6.45, 7) is 2.13. The number of carbonyl (C=O) groups is 1. The van der Waals surface area contributed by atoms with Gasteiger partial charge in [-0.3, -0.25) is 10.1 Å². The van der Waals surface area contributed by atoms with Gasteiger partial charge in [-0.1, -0.05) is 84.8 Å². The Bertz CT molecular complexity index is 1090. The maximum Gasteiger partial charge on any atom is 0.322 e. The van der Waals surface area contributed by atoms with Crippen LogP contribution in [0.15, 0.2) is 94.2 Å². The van der Waals surface area contributed by atoms with E-state index in [4.69, 9.17) is 4.42 Å². The van der Waals surface area contributed by atoms with E-state index in [9.17, 15) is 4.79 Å². The van der Waals surface area contributed by atoms with Crippen molar-refractivity contribution in [1.82, 2.24) is 10.2 Å². The van der Waals surface area contributed by atoms with Crippen molar-refractivity contribution in [3.8, 4) is 0 Å². The summed E-state index contributed by atoms with van der Waals surface area (Å²) in [5.74, 6) is 1.29. The largest absolute Gasteiger partial charge is 0.407 e. The zero-order chi connectivity index (χ0) is 22.2. The first-order chi connectivity index (χ1) is 15.7. The minimum atomic E-state index is -0.168. The van der Waals surface area contributed by atoms with Crippen molar-refractivity contribution in [3.05, 3.63) is 108 Å². The van der Waals surface area contributed by atoms with Gasteiger partial charge in [-0.05, 0) is 34.6 Å². The SMILES string of the molecule is CCSc1ccc(Cc2nnc(NC(=O)CC(c3ccccc3)c3ccccc3)o2)cc1. The van der Waals surface area contributed by atoms with Crippen LogP contribution in [0, 0.1) is 0 Å². The predicted molar refractivity (Wildman–Crippen MR) is 128 cm³/mol. The Morgan fingerprint density at radius 3 is 2.12 bits per heavy atom. The summed E-state index contributed by atoms with van der Waals surface area (Å²) in [6, 6.07) is 28.5. The molecule has 6 heteroatoms. The lowest BCUT2D eigenvalue weighted by atomic mass is 9.88. The van der Waals surface area contributed by atoms with Gasteiger partial charge in [0.1, 0.15) is 0 Å². The minimum absolute atomic E-state index is 0.0562. The number of benzene rings is 3. The molecule has 0 fully saturated rings. The Kier molecular flexibility index (Phi) is 7.35. The molecule has 0 atom stereocenters. The van der Waals surface area contributed by atoms with Gasteiger partial charge in [0.25, 0.3) is 0 Å². The highest BCUT2D eigenvalue weighted by atomic mass is 32.2. The first kappa shape index (κ1) is 21.8. The molecule has 3 aromatic carbocycles. The Labute approximate surface area is 192 Å². The fourth-order valence-electron chi connectivity index (χ4n) is 3.57. The van der Waals surface area contributed by atoms with Crippen LogP contribution in [0.1, 0.15) is 41.8 Å². The highest BCUT2D eigenvalue weighted by molar-refractivity contribution is 7.99. The highest BCUT2D eigenvalue weighted by Crippen LogP contribution is 2.28. The maximum absolute atomic E-state index is 12.8. The lowest BCUT2D eigenvalue weighted by Gasteiger charge is -2.17. The Hall–Kier alpha value is -3.38. The standard InChI is InChI=1S/C26H25N3O2S/c1-2-32-22-15-13-19(14-16-22)17-25-28-29-26(31-25)27-24(30)18-23(20-9-5-3-6-10-20)21-11-7-4-8-12-21/h3-16,23H,2,17-18H2,1H3,(H,27,29,30). The second-order valence-corrected chi connectivity index (χ2v) is 8.72. The molecule has 4 rings (SSSR count). The average molecular weight is 444 g/mol. The molecule has 0 aliphatic rings. The third-order valence-corrected chi connectivity index (χ3v) is 5.99. The normalized spacial score (nSPS) is 10.9. The monoisotopic (exact) mass is 443 g/mol. The van der Waals surface area contributed by atoms with Crippen LogP contribution >= 0.6 is 11.8 Å². The van der Waals surface area contributed by atoms with Crippen LogP contribution in [0.3, 0.4) is 0 Å². The number of hydrogen-bond donors (Lipinski definition) is 1. The molecule has 32 heavy (non-hydrogen) atoms. The lowest BCUT2D eigenvalue weighted by Crippen LogP contribution is -2.16. The van der Waals surface area contributed by atoms with Crippen molar-refractivity contribution >= 4 is 23.7 Å². The fraction of sp³-hybridized carbons (Fsp3) is 0.192. The number of amides is 1. The third-order valence-electron chi connectivity index (χ3n) is 5.10. The van der Waals surface area contributed by atoms with Crippen LogP contribution in [0.2, 0.25) is 0 Å². The molecule has 5 nitrogen and oxygen atoms in total. The summed E-state index contributed by atoms with van der Waals surface area (Å²) in [7, 11) is 0. The molecule has 0 saturated carbocycles. The van der Waals surface area contributed by atoms with E-state index >= 15 is 0 Å². The van der Waals surface area contributed by atoms with Crippen molar-refractivity contribution in [3.63, 3.8) is 0 Å². The summed E-state index contributed by atoms with van der Waals surface area (Å²) in [4.78, 5) is 14.0. The van der Waals surface area contributed by atoms with E-state index in [-0.39, 0.29) is 24.3 Å². The summed E-state index contributed by atoms with van der Waals surface area (Å²) in [5.41, 5.74) is 3.26. The first-order valence-electron chi connectivity index (χ1n) is 10.6. The van der Waals surface area contributed by atoms with Gasteiger partial charge in [0.15, 0.2) is 0 Å². The summed E-state index contributed by atoms with van der Waals surface area (Å²) in [5, 5.41) is 10.8. The first-order valence-corrected chi connectivity index (χ1v) is 11.6. The number of thioether (sulfide) groups is 1. The molecule has 0 saturated heterocycles. The Balaban J connectivity index is 1.40. The Morgan fingerprint density at radius 2 is 1.53 bits per heavy atom. The summed E-state index contributed by atoms with van der Waals surface area (Å²) in [6.07, 6.45) is 0.804. The predicted octanol–water partition coefficient (Wildman–Crippen LogP) is 5.93. The van der Waals surface area contributed by atoms with Crippen molar-refractivity contribution in [2.24, 2.45) is 0 Å². The molecule has 0 radical (unpaired) electrons. The zero-order valence-electron chi connectivity index (χ0n) is 17.9. The number of rotatable bonds is 9. The van der Waals surface area contributed by atoms with Crippen LogP contribution in [-0.4, -0.2) is 21.9 Å². The average Bonchev–Trinajstić information content (AvgIpc) is 3.26. The smallest absolute Gasteiger partial charge is 0.322 e.